The molecule has 0 bridgehead atoms. The van der Waals surface area contributed by atoms with Gasteiger partial charge in [-0.2, -0.15) is 0 Å². The first-order chi connectivity index (χ1) is 10.2. The van der Waals surface area contributed by atoms with Gasteiger partial charge in [0.05, 0.1) is 20.3 Å². The molecular formula is C16H24ClNO4. The predicted octanol–water partition coefficient (Wildman–Crippen LogP) is 1.86. The van der Waals surface area contributed by atoms with Crippen LogP contribution in [-0.4, -0.2) is 44.6 Å². The van der Waals surface area contributed by atoms with Crippen molar-refractivity contribution in [1.82, 2.24) is 5.32 Å². The molecular weight excluding hydrogens is 306 g/mol. The molecule has 0 unspecified atom stereocenters. The molecule has 1 aromatic carbocycles. The average Bonchev–Trinajstić information content (AvgIpc) is 2.94. The zero-order chi connectivity index (χ0) is 14.8. The fourth-order valence-corrected chi connectivity index (χ4v) is 3.45. The maximum absolute atomic E-state index is 10.3. The van der Waals surface area contributed by atoms with Gasteiger partial charge in [0, 0.05) is 6.07 Å². The van der Waals surface area contributed by atoms with E-state index >= 15 is 0 Å². The number of halogens is 1. The van der Waals surface area contributed by atoms with Gasteiger partial charge in [-0.3, -0.25) is 0 Å². The average molecular weight is 330 g/mol. The SMILES string of the molecule is COc1ccc(O[C@@H]2C[C@@H]3CNC[C@@H]3C[C@H]2O)cc1OC.Cl. The van der Waals surface area contributed by atoms with Crippen LogP contribution in [0.25, 0.3) is 0 Å². The molecule has 1 aliphatic carbocycles. The first-order valence-electron chi connectivity index (χ1n) is 7.48. The second-order valence-electron chi connectivity index (χ2n) is 5.89. The van der Waals surface area contributed by atoms with Crippen LogP contribution in [0.2, 0.25) is 0 Å². The van der Waals surface area contributed by atoms with Crippen LogP contribution in [-0.2, 0) is 0 Å². The van der Waals surface area contributed by atoms with Crippen molar-refractivity contribution in [3.63, 3.8) is 0 Å². The number of methoxy groups -OCH3 is 2. The van der Waals surface area contributed by atoms with Crippen molar-refractivity contribution in [2.45, 2.75) is 25.0 Å². The molecule has 1 aliphatic heterocycles. The van der Waals surface area contributed by atoms with E-state index in [1.165, 1.54) is 0 Å². The third-order valence-corrected chi connectivity index (χ3v) is 4.63. The normalized spacial score (nSPS) is 30.1. The van der Waals surface area contributed by atoms with Crippen LogP contribution in [0.1, 0.15) is 12.8 Å². The standard InChI is InChI=1S/C16H23NO4.ClH/c1-19-14-4-3-12(7-16(14)20-2)21-15-6-11-9-17-8-10(11)5-13(15)18;/h3-4,7,10-11,13,15,17-18H,5-6,8-9H2,1-2H3;1H/t10-,11+,13+,15+;/m0./s1. The number of rotatable bonds is 4. The minimum atomic E-state index is -0.403. The molecule has 1 saturated carbocycles. The smallest absolute Gasteiger partial charge is 0.164 e. The lowest BCUT2D eigenvalue weighted by Crippen LogP contribution is -2.42. The minimum absolute atomic E-state index is 0. The molecule has 5 nitrogen and oxygen atoms in total. The number of aliphatic hydroxyl groups excluding tert-OH is 1. The van der Waals surface area contributed by atoms with Crippen LogP contribution in [0.5, 0.6) is 17.2 Å². The number of fused-ring (bicyclic) bond motifs is 1. The summed E-state index contributed by atoms with van der Waals surface area (Å²) < 4.78 is 16.5. The highest BCUT2D eigenvalue weighted by molar-refractivity contribution is 5.85. The molecule has 124 valence electrons. The zero-order valence-electron chi connectivity index (χ0n) is 13.0. The van der Waals surface area contributed by atoms with Gasteiger partial charge in [-0.1, -0.05) is 0 Å². The van der Waals surface area contributed by atoms with E-state index in [1.807, 2.05) is 18.2 Å². The van der Waals surface area contributed by atoms with Gasteiger partial charge in [-0.15, -0.1) is 12.4 Å². The van der Waals surface area contributed by atoms with Gasteiger partial charge in [-0.05, 0) is 49.9 Å². The van der Waals surface area contributed by atoms with Crippen LogP contribution in [0, 0.1) is 11.8 Å². The molecule has 0 spiro atoms. The first-order valence-corrected chi connectivity index (χ1v) is 7.48. The van der Waals surface area contributed by atoms with Gasteiger partial charge in [-0.25, -0.2) is 0 Å². The first kappa shape index (κ1) is 17.2. The van der Waals surface area contributed by atoms with Crippen LogP contribution in [0.3, 0.4) is 0 Å². The maximum atomic E-state index is 10.3. The Hall–Kier alpha value is -1.17. The Bertz CT molecular complexity index is 499. The summed E-state index contributed by atoms with van der Waals surface area (Å²) in [5, 5.41) is 13.7. The molecule has 2 aliphatic rings. The maximum Gasteiger partial charge on any atom is 0.164 e. The van der Waals surface area contributed by atoms with E-state index in [0.29, 0.717) is 29.1 Å². The van der Waals surface area contributed by atoms with Crippen molar-refractivity contribution in [1.29, 1.82) is 0 Å². The summed E-state index contributed by atoms with van der Waals surface area (Å²) in [6.45, 7) is 2.05. The monoisotopic (exact) mass is 329 g/mol. The Morgan fingerprint density at radius 2 is 1.73 bits per heavy atom. The summed E-state index contributed by atoms with van der Waals surface area (Å²) in [5.41, 5.74) is 0. The Morgan fingerprint density at radius 1 is 1.05 bits per heavy atom. The molecule has 4 atom stereocenters. The zero-order valence-corrected chi connectivity index (χ0v) is 13.8. The second-order valence-corrected chi connectivity index (χ2v) is 5.89. The van der Waals surface area contributed by atoms with E-state index in [2.05, 4.69) is 5.32 Å². The summed E-state index contributed by atoms with van der Waals surface area (Å²) in [5.74, 6) is 3.22. The molecule has 0 amide bonds. The summed E-state index contributed by atoms with van der Waals surface area (Å²) in [6, 6.07) is 5.49. The third-order valence-electron chi connectivity index (χ3n) is 4.63. The molecule has 1 aromatic rings. The Morgan fingerprint density at radius 3 is 2.41 bits per heavy atom. The van der Waals surface area contributed by atoms with Crippen LogP contribution in [0.15, 0.2) is 18.2 Å². The van der Waals surface area contributed by atoms with Gasteiger partial charge in [0.2, 0.25) is 0 Å². The Balaban J connectivity index is 0.00000176. The molecule has 2 N–H and O–H groups in total. The Kier molecular flexibility index (Phi) is 5.78. The quantitative estimate of drug-likeness (QED) is 0.883. The second kappa shape index (κ2) is 7.40. The lowest BCUT2D eigenvalue weighted by molar-refractivity contribution is -0.0232. The predicted molar refractivity (Wildman–Crippen MR) is 86.3 cm³/mol. The number of nitrogens with one attached hydrogen (secondary N) is 1. The van der Waals surface area contributed by atoms with Crippen molar-refractivity contribution in [3.05, 3.63) is 18.2 Å². The van der Waals surface area contributed by atoms with Gasteiger partial charge in [0.15, 0.2) is 11.5 Å². The molecule has 6 heteroatoms. The lowest BCUT2D eigenvalue weighted by Gasteiger charge is -2.35. The number of ether oxygens (including phenoxy) is 3. The summed E-state index contributed by atoms with van der Waals surface area (Å²) >= 11 is 0. The third kappa shape index (κ3) is 3.42. The number of aliphatic hydroxyl groups is 1. The van der Waals surface area contributed by atoms with Gasteiger partial charge in [0.25, 0.3) is 0 Å². The van der Waals surface area contributed by atoms with E-state index in [0.717, 1.165) is 25.9 Å². The lowest BCUT2D eigenvalue weighted by atomic mass is 9.78. The molecule has 0 aromatic heterocycles. The largest absolute Gasteiger partial charge is 0.493 e. The summed E-state index contributed by atoms with van der Waals surface area (Å²) in [7, 11) is 3.21. The van der Waals surface area contributed by atoms with Crippen molar-refractivity contribution in [2.75, 3.05) is 27.3 Å². The van der Waals surface area contributed by atoms with Gasteiger partial charge >= 0.3 is 0 Å². The minimum Gasteiger partial charge on any atom is -0.493 e. The van der Waals surface area contributed by atoms with E-state index < -0.39 is 6.10 Å². The molecule has 1 saturated heterocycles. The van der Waals surface area contributed by atoms with Crippen molar-refractivity contribution < 1.29 is 19.3 Å². The highest BCUT2D eigenvalue weighted by Gasteiger charge is 2.39. The van der Waals surface area contributed by atoms with Crippen LogP contribution >= 0.6 is 12.4 Å². The highest BCUT2D eigenvalue weighted by atomic mass is 35.5. The molecule has 0 radical (unpaired) electrons. The number of hydrogen-bond acceptors (Lipinski definition) is 5. The van der Waals surface area contributed by atoms with Crippen molar-refractivity contribution in [2.24, 2.45) is 11.8 Å². The van der Waals surface area contributed by atoms with E-state index in [-0.39, 0.29) is 18.5 Å². The summed E-state index contributed by atoms with van der Waals surface area (Å²) in [4.78, 5) is 0. The molecule has 22 heavy (non-hydrogen) atoms. The van der Waals surface area contributed by atoms with Crippen LogP contribution in [0.4, 0.5) is 0 Å². The van der Waals surface area contributed by atoms with E-state index in [1.54, 1.807) is 14.2 Å². The topological polar surface area (TPSA) is 60.0 Å². The fourth-order valence-electron chi connectivity index (χ4n) is 3.45. The van der Waals surface area contributed by atoms with Gasteiger partial charge in [0.1, 0.15) is 11.9 Å². The number of benzene rings is 1. The van der Waals surface area contributed by atoms with Crippen molar-refractivity contribution >= 4 is 12.4 Å². The van der Waals surface area contributed by atoms with Crippen LogP contribution < -0.4 is 19.5 Å². The molecule has 1 heterocycles. The van der Waals surface area contributed by atoms with E-state index in [4.69, 9.17) is 14.2 Å². The molecule has 3 rings (SSSR count). The number of hydrogen-bond donors (Lipinski definition) is 2. The highest BCUT2D eigenvalue weighted by Crippen LogP contribution is 2.36. The van der Waals surface area contributed by atoms with Crippen molar-refractivity contribution in [3.8, 4) is 17.2 Å². The van der Waals surface area contributed by atoms with Gasteiger partial charge < -0.3 is 24.6 Å². The molecule has 2 fully saturated rings. The fraction of sp³-hybridized carbons (Fsp3) is 0.625. The summed E-state index contributed by atoms with van der Waals surface area (Å²) in [6.07, 6.45) is 1.16. The van der Waals surface area contributed by atoms with E-state index in [9.17, 15) is 5.11 Å². The Labute approximate surface area is 137 Å².